The summed E-state index contributed by atoms with van der Waals surface area (Å²) in [7, 11) is 0. The number of thioether (sulfide) groups is 1. The number of amides is 2. The third kappa shape index (κ3) is 4.29. The van der Waals surface area contributed by atoms with Crippen LogP contribution in [0.2, 0.25) is 0 Å². The number of carbonyl (C=O) groups is 2. The second-order valence-corrected chi connectivity index (χ2v) is 4.84. The van der Waals surface area contributed by atoms with Crippen LogP contribution in [0, 0.1) is 5.82 Å². The summed E-state index contributed by atoms with van der Waals surface area (Å²) in [6.07, 6.45) is -0.814. The van der Waals surface area contributed by atoms with E-state index >= 15 is 0 Å². The normalized spacial score (nSPS) is 10.3. The summed E-state index contributed by atoms with van der Waals surface area (Å²) in [6.45, 7) is 1.80. The maximum absolute atomic E-state index is 13.6. The fourth-order valence-corrected chi connectivity index (χ4v) is 2.02. The van der Waals surface area contributed by atoms with Gasteiger partial charge in [-0.15, -0.1) is 10.2 Å². The van der Waals surface area contributed by atoms with Gasteiger partial charge in [0.25, 0.3) is 11.1 Å². The average Bonchev–Trinajstić information content (AvgIpc) is 2.94. The SMILES string of the molecule is CCOC(=O)NC(=O)CSc1nnc(-c2ccccc2F)o1. The molecule has 2 amide bonds. The van der Waals surface area contributed by atoms with Gasteiger partial charge in [-0.3, -0.25) is 10.1 Å². The zero-order valence-corrected chi connectivity index (χ0v) is 12.4. The van der Waals surface area contributed by atoms with Crippen molar-refractivity contribution in [2.24, 2.45) is 0 Å². The van der Waals surface area contributed by atoms with Crippen molar-refractivity contribution in [2.75, 3.05) is 12.4 Å². The molecule has 1 heterocycles. The number of nitrogens with zero attached hydrogens (tertiary/aromatic N) is 2. The van der Waals surface area contributed by atoms with Crippen LogP contribution in [0.15, 0.2) is 33.9 Å². The highest BCUT2D eigenvalue weighted by atomic mass is 32.2. The van der Waals surface area contributed by atoms with Gasteiger partial charge in [-0.1, -0.05) is 23.9 Å². The molecule has 0 unspecified atom stereocenters. The standard InChI is InChI=1S/C13H12FN3O4S/c1-2-20-12(19)15-10(18)7-22-13-17-16-11(21-13)8-5-3-4-6-9(8)14/h3-6H,2,7H2,1H3,(H,15,18,19). The average molecular weight is 325 g/mol. The van der Waals surface area contributed by atoms with Gasteiger partial charge in [-0.2, -0.15) is 0 Å². The topological polar surface area (TPSA) is 94.3 Å². The van der Waals surface area contributed by atoms with Crippen LogP contribution < -0.4 is 5.32 Å². The van der Waals surface area contributed by atoms with Crippen molar-refractivity contribution < 1.29 is 23.1 Å². The lowest BCUT2D eigenvalue weighted by Crippen LogP contribution is -2.32. The number of rotatable bonds is 5. The fraction of sp³-hybridized carbons (Fsp3) is 0.231. The number of ether oxygens (including phenoxy) is 1. The highest BCUT2D eigenvalue weighted by Crippen LogP contribution is 2.24. The van der Waals surface area contributed by atoms with E-state index in [0.29, 0.717) is 0 Å². The van der Waals surface area contributed by atoms with Gasteiger partial charge in [0.2, 0.25) is 5.91 Å². The first-order chi connectivity index (χ1) is 10.6. The quantitative estimate of drug-likeness (QED) is 0.842. The molecule has 0 saturated carbocycles. The molecule has 0 saturated heterocycles. The molecule has 0 fully saturated rings. The Labute approximate surface area is 129 Å². The number of imide groups is 1. The molecule has 0 aliphatic carbocycles. The van der Waals surface area contributed by atoms with E-state index in [1.807, 2.05) is 5.32 Å². The van der Waals surface area contributed by atoms with Crippen LogP contribution in [0.4, 0.5) is 9.18 Å². The molecule has 0 atom stereocenters. The minimum Gasteiger partial charge on any atom is -0.450 e. The molecule has 7 nitrogen and oxygen atoms in total. The van der Waals surface area contributed by atoms with E-state index in [1.165, 1.54) is 12.1 Å². The molecular formula is C13H12FN3O4S. The Morgan fingerprint density at radius 3 is 2.86 bits per heavy atom. The Morgan fingerprint density at radius 1 is 1.36 bits per heavy atom. The van der Waals surface area contributed by atoms with Gasteiger partial charge < -0.3 is 9.15 Å². The van der Waals surface area contributed by atoms with Crippen molar-refractivity contribution in [3.05, 3.63) is 30.1 Å². The second-order valence-electron chi connectivity index (χ2n) is 3.91. The fourth-order valence-electron chi connectivity index (χ4n) is 1.46. The van der Waals surface area contributed by atoms with Crippen LogP contribution in [0.25, 0.3) is 11.5 Å². The van der Waals surface area contributed by atoms with E-state index in [-0.39, 0.29) is 29.0 Å². The third-order valence-electron chi connectivity index (χ3n) is 2.35. The summed E-state index contributed by atoms with van der Waals surface area (Å²) in [5.41, 5.74) is 0.179. The minimum atomic E-state index is -0.814. The monoisotopic (exact) mass is 325 g/mol. The number of nitrogens with one attached hydrogen (secondary N) is 1. The summed E-state index contributed by atoms with van der Waals surface area (Å²) in [5, 5.41) is 9.54. The lowest BCUT2D eigenvalue weighted by atomic mass is 10.2. The van der Waals surface area contributed by atoms with Gasteiger partial charge in [0.05, 0.1) is 17.9 Å². The summed E-state index contributed by atoms with van der Waals surface area (Å²) < 4.78 is 23.4. The van der Waals surface area contributed by atoms with Crippen LogP contribution in [-0.2, 0) is 9.53 Å². The Morgan fingerprint density at radius 2 is 2.14 bits per heavy atom. The van der Waals surface area contributed by atoms with Crippen molar-refractivity contribution in [3.8, 4) is 11.5 Å². The van der Waals surface area contributed by atoms with Gasteiger partial charge >= 0.3 is 6.09 Å². The molecule has 0 aliphatic rings. The molecule has 1 aromatic heterocycles. The van der Waals surface area contributed by atoms with Gasteiger partial charge in [0.15, 0.2) is 0 Å². The highest BCUT2D eigenvalue weighted by molar-refractivity contribution is 7.99. The smallest absolute Gasteiger partial charge is 0.413 e. The number of halogens is 1. The summed E-state index contributed by atoms with van der Waals surface area (Å²) in [4.78, 5) is 22.5. The molecule has 2 rings (SSSR count). The van der Waals surface area contributed by atoms with Crippen molar-refractivity contribution in [2.45, 2.75) is 12.1 Å². The molecule has 1 N–H and O–H groups in total. The van der Waals surface area contributed by atoms with Gasteiger partial charge in [0.1, 0.15) is 5.82 Å². The predicted molar refractivity (Wildman–Crippen MR) is 75.6 cm³/mol. The van der Waals surface area contributed by atoms with E-state index in [4.69, 9.17) is 4.42 Å². The zero-order chi connectivity index (χ0) is 15.9. The van der Waals surface area contributed by atoms with Crippen LogP contribution >= 0.6 is 11.8 Å². The van der Waals surface area contributed by atoms with Gasteiger partial charge in [-0.05, 0) is 19.1 Å². The van der Waals surface area contributed by atoms with E-state index in [9.17, 15) is 14.0 Å². The van der Waals surface area contributed by atoms with Crippen molar-refractivity contribution >= 4 is 23.8 Å². The molecule has 1 aromatic carbocycles. The van der Waals surface area contributed by atoms with Crippen LogP contribution in [-0.4, -0.2) is 34.6 Å². The molecular weight excluding hydrogens is 313 g/mol. The van der Waals surface area contributed by atoms with Gasteiger partial charge in [0, 0.05) is 0 Å². The van der Waals surface area contributed by atoms with Gasteiger partial charge in [-0.25, -0.2) is 9.18 Å². The number of alkyl carbamates (subject to hydrolysis) is 1. The van der Waals surface area contributed by atoms with Crippen LogP contribution in [0.3, 0.4) is 0 Å². The maximum atomic E-state index is 13.6. The number of hydrogen-bond acceptors (Lipinski definition) is 7. The lowest BCUT2D eigenvalue weighted by molar-refractivity contribution is -0.117. The summed E-state index contributed by atoms with van der Waals surface area (Å²) >= 11 is 0.927. The van der Waals surface area contributed by atoms with Crippen molar-refractivity contribution in [1.29, 1.82) is 0 Å². The van der Waals surface area contributed by atoms with E-state index < -0.39 is 17.8 Å². The predicted octanol–water partition coefficient (Wildman–Crippen LogP) is 2.24. The Kier molecular flexibility index (Phi) is 5.48. The molecule has 0 radical (unpaired) electrons. The summed E-state index contributed by atoms with van der Waals surface area (Å²) in [6, 6.07) is 5.97. The number of aromatic nitrogens is 2. The summed E-state index contributed by atoms with van der Waals surface area (Å²) in [5.74, 6) is -1.14. The number of benzene rings is 1. The Balaban J connectivity index is 1.92. The minimum absolute atomic E-state index is 0.0198. The van der Waals surface area contributed by atoms with E-state index in [1.54, 1.807) is 19.1 Å². The largest absolute Gasteiger partial charge is 0.450 e. The Bertz CT molecular complexity index is 677. The first kappa shape index (κ1) is 16.0. The maximum Gasteiger partial charge on any atom is 0.413 e. The molecule has 0 aliphatic heterocycles. The van der Waals surface area contributed by atoms with Crippen molar-refractivity contribution in [1.82, 2.24) is 15.5 Å². The zero-order valence-electron chi connectivity index (χ0n) is 11.5. The van der Waals surface area contributed by atoms with Crippen LogP contribution in [0.5, 0.6) is 0 Å². The van der Waals surface area contributed by atoms with Crippen molar-refractivity contribution in [3.63, 3.8) is 0 Å². The second kappa shape index (κ2) is 7.55. The first-order valence-electron chi connectivity index (χ1n) is 6.28. The first-order valence-corrected chi connectivity index (χ1v) is 7.26. The number of carbonyl (C=O) groups excluding carboxylic acids is 2. The molecule has 0 bridgehead atoms. The van der Waals surface area contributed by atoms with E-state index in [2.05, 4.69) is 14.9 Å². The number of hydrogen-bond donors (Lipinski definition) is 1. The lowest BCUT2D eigenvalue weighted by Gasteiger charge is -2.02. The molecule has 2 aromatic rings. The molecule has 116 valence electrons. The van der Waals surface area contributed by atoms with Crippen LogP contribution in [0.1, 0.15) is 6.92 Å². The van der Waals surface area contributed by atoms with E-state index in [0.717, 1.165) is 11.8 Å². The Hall–Kier alpha value is -2.42. The third-order valence-corrected chi connectivity index (χ3v) is 3.17. The molecule has 9 heteroatoms. The molecule has 0 spiro atoms. The highest BCUT2D eigenvalue weighted by Gasteiger charge is 2.15. The molecule has 22 heavy (non-hydrogen) atoms.